The van der Waals surface area contributed by atoms with Crippen molar-refractivity contribution in [2.24, 2.45) is 0 Å². The highest BCUT2D eigenvalue weighted by atomic mass is 16.6. The summed E-state index contributed by atoms with van der Waals surface area (Å²) in [7, 11) is 0. The quantitative estimate of drug-likeness (QED) is 0.0466. The Morgan fingerprint density at radius 2 is 1.02 bits per heavy atom. The Hall–Kier alpha value is -2.17. The first-order chi connectivity index (χ1) is 21.7. The van der Waals surface area contributed by atoms with Crippen LogP contribution in [0.1, 0.15) is 149 Å². The number of aliphatic hydroxyl groups excluding tert-OH is 1. The van der Waals surface area contributed by atoms with Crippen LogP contribution in [-0.4, -0.2) is 37.0 Å². The van der Waals surface area contributed by atoms with Gasteiger partial charge in [0.2, 0.25) is 0 Å². The topological polar surface area (TPSA) is 55.8 Å². The number of unbranched alkanes of at least 4 members (excludes halogenated alkanes) is 12. The summed E-state index contributed by atoms with van der Waals surface area (Å²) >= 11 is 0. The molecule has 0 rings (SSSR count). The number of esters is 1. The molecule has 0 aromatic rings. The first kappa shape index (κ1) is 41.8. The van der Waals surface area contributed by atoms with Gasteiger partial charge < -0.3 is 14.6 Å². The van der Waals surface area contributed by atoms with E-state index in [1.165, 1.54) is 51.4 Å². The fraction of sp³-hybridized carbons (Fsp3) is 0.675. The lowest BCUT2D eigenvalue weighted by Crippen LogP contribution is -2.27. The third-order valence-electron chi connectivity index (χ3n) is 7.27. The van der Waals surface area contributed by atoms with Crippen molar-refractivity contribution < 1.29 is 19.4 Å². The van der Waals surface area contributed by atoms with E-state index in [1.54, 1.807) is 0 Å². The summed E-state index contributed by atoms with van der Waals surface area (Å²) in [5, 5.41) is 9.55. The molecule has 0 aliphatic rings. The van der Waals surface area contributed by atoms with E-state index in [4.69, 9.17) is 9.47 Å². The third kappa shape index (κ3) is 34.3. The van der Waals surface area contributed by atoms with Crippen molar-refractivity contribution in [3.63, 3.8) is 0 Å². The van der Waals surface area contributed by atoms with Crippen molar-refractivity contribution in [1.82, 2.24) is 0 Å². The fourth-order valence-corrected chi connectivity index (χ4v) is 4.57. The van der Waals surface area contributed by atoms with Gasteiger partial charge in [-0.05, 0) is 77.0 Å². The van der Waals surface area contributed by atoms with E-state index in [9.17, 15) is 9.90 Å². The maximum absolute atomic E-state index is 12.1. The molecular weight excluding hydrogens is 544 g/mol. The van der Waals surface area contributed by atoms with Crippen LogP contribution in [0.3, 0.4) is 0 Å². The number of rotatable bonds is 32. The smallest absolute Gasteiger partial charge is 0.306 e. The average molecular weight is 613 g/mol. The zero-order chi connectivity index (χ0) is 32.0. The first-order valence-corrected chi connectivity index (χ1v) is 18.0. The Morgan fingerprint density at radius 1 is 0.568 bits per heavy atom. The molecule has 44 heavy (non-hydrogen) atoms. The second-order valence-corrected chi connectivity index (χ2v) is 11.6. The minimum atomic E-state index is -0.555. The molecule has 0 spiro atoms. The number of aliphatic hydroxyl groups is 1. The third-order valence-corrected chi connectivity index (χ3v) is 7.27. The van der Waals surface area contributed by atoms with Crippen LogP contribution >= 0.6 is 0 Å². The lowest BCUT2D eigenvalue weighted by molar-refractivity contribution is -0.154. The molecular formula is C40H68O4. The minimum absolute atomic E-state index is 0.190. The van der Waals surface area contributed by atoms with Gasteiger partial charge in [0.25, 0.3) is 0 Å². The van der Waals surface area contributed by atoms with Crippen LogP contribution in [0.4, 0.5) is 0 Å². The molecule has 4 nitrogen and oxygen atoms in total. The molecule has 0 saturated heterocycles. The highest BCUT2D eigenvalue weighted by Gasteiger charge is 2.13. The van der Waals surface area contributed by atoms with Gasteiger partial charge >= 0.3 is 5.97 Å². The highest BCUT2D eigenvalue weighted by molar-refractivity contribution is 5.69. The molecule has 0 radical (unpaired) electrons. The van der Waals surface area contributed by atoms with Crippen molar-refractivity contribution in [1.29, 1.82) is 0 Å². The Balaban J connectivity index is 3.56. The van der Waals surface area contributed by atoms with Crippen LogP contribution in [0.25, 0.3) is 0 Å². The van der Waals surface area contributed by atoms with Crippen molar-refractivity contribution in [3.05, 3.63) is 72.9 Å². The van der Waals surface area contributed by atoms with E-state index in [2.05, 4.69) is 86.8 Å². The molecule has 4 heteroatoms. The van der Waals surface area contributed by atoms with Crippen LogP contribution in [0, 0.1) is 0 Å². The maximum atomic E-state index is 12.1. The average Bonchev–Trinajstić information content (AvgIpc) is 3.03. The summed E-state index contributed by atoms with van der Waals surface area (Å²) in [6, 6.07) is 0. The molecule has 0 heterocycles. The van der Waals surface area contributed by atoms with Gasteiger partial charge in [0.05, 0.1) is 13.2 Å². The molecule has 0 fully saturated rings. The summed E-state index contributed by atoms with van der Waals surface area (Å²) in [6.45, 7) is 5.13. The van der Waals surface area contributed by atoms with Crippen LogP contribution < -0.4 is 0 Å². The molecule has 0 saturated carbocycles. The molecule has 252 valence electrons. The Morgan fingerprint density at radius 3 is 1.55 bits per heavy atom. The van der Waals surface area contributed by atoms with Crippen molar-refractivity contribution in [2.45, 2.75) is 155 Å². The zero-order valence-corrected chi connectivity index (χ0v) is 28.6. The Bertz CT molecular complexity index is 774. The molecule has 0 amide bonds. The summed E-state index contributed by atoms with van der Waals surface area (Å²) in [5.41, 5.74) is 0. The summed E-state index contributed by atoms with van der Waals surface area (Å²) < 4.78 is 11.1. The predicted molar refractivity (Wildman–Crippen MR) is 191 cm³/mol. The summed E-state index contributed by atoms with van der Waals surface area (Å²) in [6.07, 6.45) is 49.3. The Kier molecular flexibility index (Phi) is 35.2. The van der Waals surface area contributed by atoms with Gasteiger partial charge in [-0.15, -0.1) is 0 Å². The summed E-state index contributed by atoms with van der Waals surface area (Å²) in [4.78, 5) is 12.1. The summed E-state index contributed by atoms with van der Waals surface area (Å²) in [5.74, 6) is -0.232. The molecule has 1 atom stereocenters. The lowest BCUT2D eigenvalue weighted by Gasteiger charge is -2.15. The molecule has 1 N–H and O–H groups in total. The Labute approximate surface area is 272 Å². The van der Waals surface area contributed by atoms with Crippen molar-refractivity contribution in [2.75, 3.05) is 19.8 Å². The van der Waals surface area contributed by atoms with E-state index in [0.717, 1.165) is 77.0 Å². The fourth-order valence-electron chi connectivity index (χ4n) is 4.57. The predicted octanol–water partition coefficient (Wildman–Crippen LogP) is 11.5. The zero-order valence-electron chi connectivity index (χ0n) is 28.6. The van der Waals surface area contributed by atoms with Gasteiger partial charge in [-0.3, -0.25) is 4.79 Å². The van der Waals surface area contributed by atoms with Crippen molar-refractivity contribution in [3.8, 4) is 0 Å². The molecule has 0 aromatic heterocycles. The van der Waals surface area contributed by atoms with E-state index in [-0.39, 0.29) is 19.2 Å². The normalized spacial score (nSPS) is 13.2. The molecule has 0 aliphatic carbocycles. The van der Waals surface area contributed by atoms with Crippen molar-refractivity contribution >= 4 is 5.97 Å². The van der Waals surface area contributed by atoms with E-state index in [0.29, 0.717) is 13.0 Å². The van der Waals surface area contributed by atoms with Crippen LogP contribution in [0.2, 0.25) is 0 Å². The number of allylic oxidation sites excluding steroid dienone is 12. The van der Waals surface area contributed by atoms with E-state index >= 15 is 0 Å². The van der Waals surface area contributed by atoms with Crippen LogP contribution in [0.15, 0.2) is 72.9 Å². The van der Waals surface area contributed by atoms with Gasteiger partial charge in [0.15, 0.2) is 0 Å². The van der Waals surface area contributed by atoms with Gasteiger partial charge in [0, 0.05) is 13.0 Å². The second kappa shape index (κ2) is 37.0. The van der Waals surface area contributed by atoms with Gasteiger partial charge in [0.1, 0.15) is 6.10 Å². The van der Waals surface area contributed by atoms with Gasteiger partial charge in [-0.1, -0.05) is 138 Å². The van der Waals surface area contributed by atoms with Crippen LogP contribution in [-0.2, 0) is 14.3 Å². The number of hydrogen-bond donors (Lipinski definition) is 1. The number of carbonyl (C=O) groups is 1. The molecule has 0 bridgehead atoms. The number of hydrogen-bond acceptors (Lipinski definition) is 4. The molecule has 0 aliphatic heterocycles. The van der Waals surface area contributed by atoms with E-state index < -0.39 is 6.10 Å². The largest absolute Gasteiger partial charge is 0.457 e. The highest BCUT2D eigenvalue weighted by Crippen LogP contribution is 2.10. The first-order valence-electron chi connectivity index (χ1n) is 18.0. The van der Waals surface area contributed by atoms with Gasteiger partial charge in [-0.25, -0.2) is 0 Å². The van der Waals surface area contributed by atoms with E-state index in [1.807, 2.05) is 0 Å². The number of ether oxygens (including phenoxy) is 2. The lowest BCUT2D eigenvalue weighted by atomic mass is 10.1. The molecule has 1 unspecified atom stereocenters. The standard InChI is InChI=1S/C40H68O4/c1-3-5-7-9-11-13-15-17-19-20-21-23-25-27-29-31-33-35-40(42)44-39(37-41)38-43-36-34-32-30-28-26-24-22-18-16-14-12-10-8-6-4-2/h5,7,10-13,16-19,21,23,39,41H,3-4,6,8-9,14-15,20,22,24-38H2,1-2H3/b7-5-,12-10-,13-11-,18-16-,19-17-,23-21-. The maximum Gasteiger partial charge on any atom is 0.306 e. The second-order valence-electron chi connectivity index (χ2n) is 11.6. The minimum Gasteiger partial charge on any atom is -0.457 e. The monoisotopic (exact) mass is 613 g/mol. The van der Waals surface area contributed by atoms with Crippen LogP contribution in [0.5, 0.6) is 0 Å². The van der Waals surface area contributed by atoms with Gasteiger partial charge in [-0.2, -0.15) is 0 Å². The SMILES string of the molecule is CC/C=C\C/C=C\C/C=C\C/C=C\CCCCCCC(=O)OC(CO)COCCCCCCCC/C=C\C/C=C\CCCC. The number of carbonyl (C=O) groups excluding carboxylic acids is 1. The molecule has 0 aromatic carbocycles.